The molecule has 43 heavy (non-hydrogen) atoms. The van der Waals surface area contributed by atoms with E-state index in [0.29, 0.717) is 19.3 Å². The first-order valence-corrected chi connectivity index (χ1v) is 15.4. The van der Waals surface area contributed by atoms with Crippen LogP contribution in [0, 0.1) is 5.92 Å². The standard InChI is InChI=1S/C36H33N3O3S/c40-35(39-34(22-30-23-37-24-38-30)36(41)42-18-17-31-14-7-19-43-31)29(20-27-12-5-10-25-8-1-3-15-32(25)27)21-28-13-6-11-26-9-2-4-16-33(26)28/h1-16,19,23-24,29,34H,17-18,20-22H2,(H,37,38)(H,39,40)/t34-/m0/s1. The third-order valence-electron chi connectivity index (χ3n) is 7.82. The average Bonchev–Trinajstić information content (AvgIpc) is 3.75. The van der Waals surface area contributed by atoms with Crippen molar-refractivity contribution < 1.29 is 14.3 Å². The summed E-state index contributed by atoms with van der Waals surface area (Å²) in [6.07, 6.45) is 5.20. The van der Waals surface area contributed by atoms with Gasteiger partial charge in [0.2, 0.25) is 5.91 Å². The predicted molar refractivity (Wildman–Crippen MR) is 172 cm³/mol. The molecule has 2 N–H and O–H groups in total. The lowest BCUT2D eigenvalue weighted by atomic mass is 9.87. The van der Waals surface area contributed by atoms with Crippen LogP contribution in [0.5, 0.6) is 0 Å². The minimum Gasteiger partial charge on any atom is -0.464 e. The summed E-state index contributed by atoms with van der Waals surface area (Å²) < 4.78 is 5.68. The Morgan fingerprint density at radius 3 is 2.05 bits per heavy atom. The molecule has 6 nitrogen and oxygen atoms in total. The number of nitrogens with zero attached hydrogens (tertiary/aromatic N) is 1. The van der Waals surface area contributed by atoms with Gasteiger partial charge in [0.1, 0.15) is 6.04 Å². The Morgan fingerprint density at radius 2 is 1.44 bits per heavy atom. The van der Waals surface area contributed by atoms with Crippen LogP contribution in [0.3, 0.4) is 0 Å². The summed E-state index contributed by atoms with van der Waals surface area (Å²) in [4.78, 5) is 35.8. The van der Waals surface area contributed by atoms with E-state index >= 15 is 0 Å². The molecule has 0 aliphatic carbocycles. The molecule has 0 spiro atoms. The average molecular weight is 588 g/mol. The van der Waals surface area contributed by atoms with Crippen LogP contribution < -0.4 is 5.32 Å². The van der Waals surface area contributed by atoms with Gasteiger partial charge in [0.15, 0.2) is 0 Å². The number of amides is 1. The van der Waals surface area contributed by atoms with Gasteiger partial charge in [0, 0.05) is 35.5 Å². The summed E-state index contributed by atoms with van der Waals surface area (Å²) in [5, 5.41) is 9.61. The molecule has 6 rings (SSSR count). The minimum absolute atomic E-state index is 0.180. The van der Waals surface area contributed by atoms with Gasteiger partial charge < -0.3 is 15.0 Å². The normalized spacial score (nSPS) is 12.0. The van der Waals surface area contributed by atoms with Crippen LogP contribution in [0.15, 0.2) is 115 Å². The predicted octanol–water partition coefficient (Wildman–Crippen LogP) is 6.69. The Labute approximate surface area is 254 Å². The van der Waals surface area contributed by atoms with E-state index in [1.807, 2.05) is 53.9 Å². The second kappa shape index (κ2) is 13.5. The quantitative estimate of drug-likeness (QED) is 0.156. The van der Waals surface area contributed by atoms with Crippen molar-refractivity contribution in [2.24, 2.45) is 5.92 Å². The Hall–Kier alpha value is -4.75. The summed E-state index contributed by atoms with van der Waals surface area (Å²) in [5.41, 5.74) is 2.95. The Kier molecular flexibility index (Phi) is 8.90. The van der Waals surface area contributed by atoms with Crippen LogP contribution in [0.25, 0.3) is 21.5 Å². The molecule has 0 saturated carbocycles. The van der Waals surface area contributed by atoms with Gasteiger partial charge in [-0.25, -0.2) is 9.78 Å². The second-order valence-corrected chi connectivity index (χ2v) is 11.8. The monoisotopic (exact) mass is 587 g/mol. The number of rotatable bonds is 12. The molecule has 4 aromatic carbocycles. The Morgan fingerprint density at radius 1 is 0.791 bits per heavy atom. The highest BCUT2D eigenvalue weighted by Crippen LogP contribution is 2.26. The van der Waals surface area contributed by atoms with Crippen LogP contribution in [0.4, 0.5) is 0 Å². The molecule has 0 unspecified atom stereocenters. The number of imidazole rings is 1. The summed E-state index contributed by atoms with van der Waals surface area (Å²) in [6, 6.07) is 32.1. The molecule has 216 valence electrons. The summed E-state index contributed by atoms with van der Waals surface area (Å²) >= 11 is 1.63. The molecular formula is C36H33N3O3S. The number of benzene rings is 4. The smallest absolute Gasteiger partial charge is 0.329 e. The molecule has 0 aliphatic heterocycles. The zero-order valence-corrected chi connectivity index (χ0v) is 24.6. The van der Waals surface area contributed by atoms with Gasteiger partial charge in [-0.1, -0.05) is 91.0 Å². The highest BCUT2D eigenvalue weighted by molar-refractivity contribution is 7.09. The Bertz CT molecular complexity index is 1720. The van der Waals surface area contributed by atoms with Gasteiger partial charge in [-0.3, -0.25) is 4.79 Å². The molecular weight excluding hydrogens is 554 g/mol. The third kappa shape index (κ3) is 7.01. The number of aromatic amines is 1. The number of aromatic nitrogens is 2. The number of ether oxygens (including phenoxy) is 1. The van der Waals surface area contributed by atoms with E-state index < -0.39 is 17.9 Å². The van der Waals surface area contributed by atoms with E-state index in [1.54, 1.807) is 23.9 Å². The fourth-order valence-electron chi connectivity index (χ4n) is 5.64. The molecule has 0 radical (unpaired) electrons. The van der Waals surface area contributed by atoms with Gasteiger partial charge in [-0.15, -0.1) is 11.3 Å². The number of H-pyrrole nitrogens is 1. The number of fused-ring (bicyclic) bond motifs is 2. The van der Waals surface area contributed by atoms with Crippen molar-refractivity contribution in [1.29, 1.82) is 0 Å². The first-order chi connectivity index (χ1) is 21.1. The van der Waals surface area contributed by atoms with Crippen molar-refractivity contribution in [3.8, 4) is 0 Å². The molecule has 1 atom stereocenters. The first kappa shape index (κ1) is 28.4. The van der Waals surface area contributed by atoms with Crippen molar-refractivity contribution in [1.82, 2.24) is 15.3 Å². The fraction of sp³-hybridized carbons (Fsp3) is 0.194. The largest absolute Gasteiger partial charge is 0.464 e. The van der Waals surface area contributed by atoms with Crippen LogP contribution >= 0.6 is 11.3 Å². The van der Waals surface area contributed by atoms with Crippen LogP contribution in [-0.4, -0.2) is 34.5 Å². The second-order valence-electron chi connectivity index (χ2n) is 10.7. The van der Waals surface area contributed by atoms with Crippen LogP contribution in [0.1, 0.15) is 21.7 Å². The lowest BCUT2D eigenvalue weighted by molar-refractivity contribution is -0.148. The molecule has 0 fully saturated rings. The number of nitrogens with one attached hydrogen (secondary N) is 2. The molecule has 0 bridgehead atoms. The zero-order valence-electron chi connectivity index (χ0n) is 23.7. The minimum atomic E-state index is -0.848. The van der Waals surface area contributed by atoms with E-state index in [0.717, 1.165) is 43.2 Å². The zero-order chi connectivity index (χ0) is 29.4. The van der Waals surface area contributed by atoms with Crippen LogP contribution in [-0.2, 0) is 40.0 Å². The highest BCUT2D eigenvalue weighted by Gasteiger charge is 2.28. The number of hydrogen-bond acceptors (Lipinski definition) is 5. The Balaban J connectivity index is 1.27. The maximum absolute atomic E-state index is 14.2. The molecule has 1 amide bonds. The maximum Gasteiger partial charge on any atom is 0.329 e. The van der Waals surface area contributed by atoms with Gasteiger partial charge in [-0.05, 0) is 57.0 Å². The molecule has 2 heterocycles. The van der Waals surface area contributed by atoms with Crippen molar-refractivity contribution >= 4 is 44.8 Å². The van der Waals surface area contributed by atoms with Crippen molar-refractivity contribution in [3.63, 3.8) is 0 Å². The molecule has 7 heteroatoms. The van der Waals surface area contributed by atoms with Crippen LogP contribution in [0.2, 0.25) is 0 Å². The van der Waals surface area contributed by atoms with Crippen molar-refractivity contribution in [3.05, 3.63) is 137 Å². The number of thiophene rings is 1. The maximum atomic E-state index is 14.2. The van der Waals surface area contributed by atoms with E-state index in [4.69, 9.17) is 4.74 Å². The first-order valence-electron chi connectivity index (χ1n) is 14.5. The summed E-state index contributed by atoms with van der Waals surface area (Å²) in [6.45, 7) is 0.254. The number of carbonyl (C=O) groups is 2. The topological polar surface area (TPSA) is 84.1 Å². The summed E-state index contributed by atoms with van der Waals surface area (Å²) in [7, 11) is 0. The SMILES string of the molecule is O=C(N[C@@H](Cc1cnc[nH]1)C(=O)OCCc1cccs1)C(Cc1cccc2ccccc12)Cc1cccc2ccccc12. The fourth-order valence-corrected chi connectivity index (χ4v) is 6.33. The molecule has 2 aromatic heterocycles. The number of hydrogen-bond donors (Lipinski definition) is 2. The number of carbonyl (C=O) groups excluding carboxylic acids is 2. The third-order valence-corrected chi connectivity index (χ3v) is 8.75. The van der Waals surface area contributed by atoms with Gasteiger partial charge in [0.05, 0.1) is 12.9 Å². The van der Waals surface area contributed by atoms with Crippen molar-refractivity contribution in [2.45, 2.75) is 31.7 Å². The van der Waals surface area contributed by atoms with Gasteiger partial charge in [-0.2, -0.15) is 0 Å². The molecule has 0 aliphatic rings. The van der Waals surface area contributed by atoms with Crippen molar-refractivity contribution in [2.75, 3.05) is 6.61 Å². The number of esters is 1. The van der Waals surface area contributed by atoms with Gasteiger partial charge >= 0.3 is 5.97 Å². The van der Waals surface area contributed by atoms with E-state index in [1.165, 1.54) is 0 Å². The molecule has 0 saturated heterocycles. The molecule has 6 aromatic rings. The van der Waals surface area contributed by atoms with Gasteiger partial charge in [0.25, 0.3) is 0 Å². The van der Waals surface area contributed by atoms with E-state index in [-0.39, 0.29) is 18.9 Å². The van der Waals surface area contributed by atoms with E-state index in [2.05, 4.69) is 63.8 Å². The highest BCUT2D eigenvalue weighted by atomic mass is 32.1. The summed E-state index contributed by atoms with van der Waals surface area (Å²) in [5.74, 6) is -1.05. The van der Waals surface area contributed by atoms with E-state index in [9.17, 15) is 9.59 Å². The lowest BCUT2D eigenvalue weighted by Gasteiger charge is -2.23. The lowest BCUT2D eigenvalue weighted by Crippen LogP contribution is -2.46.